The van der Waals surface area contributed by atoms with Crippen molar-refractivity contribution in [3.63, 3.8) is 0 Å². The number of para-hydroxylation sites is 1. The molecule has 3 atom stereocenters. The summed E-state index contributed by atoms with van der Waals surface area (Å²) >= 11 is 0. The van der Waals surface area contributed by atoms with E-state index in [1.165, 1.54) is 20.3 Å². The van der Waals surface area contributed by atoms with Crippen molar-refractivity contribution in [1.29, 1.82) is 0 Å². The smallest absolute Gasteiger partial charge is 0.313 e. The van der Waals surface area contributed by atoms with E-state index in [9.17, 15) is 14.0 Å². The number of carbonyl (C=O) groups excluding carboxylic acids is 2. The molecule has 146 valence electrons. The van der Waals surface area contributed by atoms with Crippen LogP contribution in [0.25, 0.3) is 0 Å². The lowest BCUT2D eigenvalue weighted by molar-refractivity contribution is -0.143. The Morgan fingerprint density at radius 2 is 1.79 bits per heavy atom. The number of nitrogens with one attached hydrogen (secondary N) is 1. The Hall–Kier alpha value is -3.15. The van der Waals surface area contributed by atoms with Crippen LogP contribution < -0.4 is 10.1 Å². The number of hydrogen-bond donors (Lipinski definition) is 1. The third kappa shape index (κ3) is 4.06. The van der Waals surface area contributed by atoms with Crippen LogP contribution in [0.2, 0.25) is 0 Å². The van der Waals surface area contributed by atoms with Gasteiger partial charge in [-0.15, -0.1) is 0 Å². The summed E-state index contributed by atoms with van der Waals surface area (Å²) in [6, 6.07) is 12.8. The van der Waals surface area contributed by atoms with Crippen molar-refractivity contribution in [3.8, 4) is 5.75 Å². The molecule has 0 heterocycles. The summed E-state index contributed by atoms with van der Waals surface area (Å²) in [6.07, 6.45) is 4.13. The molecule has 0 radical (unpaired) electrons. The van der Waals surface area contributed by atoms with Crippen LogP contribution in [0.15, 0.2) is 60.7 Å². The minimum absolute atomic E-state index is 0.270. The number of esters is 1. The normalized spacial score (nSPS) is 19.1. The van der Waals surface area contributed by atoms with Gasteiger partial charge in [0.05, 0.1) is 25.7 Å². The largest absolute Gasteiger partial charge is 0.496 e. The lowest BCUT2D eigenvalue weighted by Crippen LogP contribution is -2.34. The molecule has 3 rings (SSSR count). The van der Waals surface area contributed by atoms with Crippen molar-refractivity contribution in [1.82, 2.24) is 5.32 Å². The maximum absolute atomic E-state index is 14.3. The van der Waals surface area contributed by atoms with Crippen molar-refractivity contribution in [2.24, 2.45) is 5.92 Å². The van der Waals surface area contributed by atoms with Crippen LogP contribution in [0, 0.1) is 11.7 Å². The standard InChI is InChI=1S/C22H22FNO4/c1-27-19-10-6-4-8-17(19)21(25)24-15-12-11-14(13-15)20(22(26)28-2)16-7-3-5-9-18(16)23/h3-12,14-15,20H,13H2,1-2H3,(H,24,25)/t14-,15+,20+/m1/s1. The molecular formula is C22H22FNO4. The minimum Gasteiger partial charge on any atom is -0.496 e. The first-order valence-corrected chi connectivity index (χ1v) is 8.99. The number of methoxy groups -OCH3 is 2. The van der Waals surface area contributed by atoms with Crippen molar-refractivity contribution < 1.29 is 23.5 Å². The van der Waals surface area contributed by atoms with E-state index in [0.29, 0.717) is 23.3 Å². The van der Waals surface area contributed by atoms with E-state index in [1.807, 2.05) is 12.2 Å². The zero-order valence-electron chi connectivity index (χ0n) is 15.7. The molecule has 0 saturated heterocycles. The van der Waals surface area contributed by atoms with Crippen molar-refractivity contribution in [2.45, 2.75) is 18.4 Å². The first-order chi connectivity index (χ1) is 13.5. The fraction of sp³-hybridized carbons (Fsp3) is 0.273. The second kappa shape index (κ2) is 8.69. The van der Waals surface area contributed by atoms with E-state index < -0.39 is 17.7 Å². The molecule has 0 saturated carbocycles. The average molecular weight is 383 g/mol. The van der Waals surface area contributed by atoms with Gasteiger partial charge in [0.2, 0.25) is 0 Å². The Morgan fingerprint density at radius 3 is 2.50 bits per heavy atom. The van der Waals surface area contributed by atoms with Gasteiger partial charge in [0.1, 0.15) is 11.6 Å². The van der Waals surface area contributed by atoms with Crippen LogP contribution in [0.1, 0.15) is 28.3 Å². The Bertz CT molecular complexity index is 896. The highest BCUT2D eigenvalue weighted by Crippen LogP contribution is 2.35. The molecule has 0 spiro atoms. The van der Waals surface area contributed by atoms with Gasteiger partial charge in [-0.25, -0.2) is 4.39 Å². The second-order valence-electron chi connectivity index (χ2n) is 6.59. The van der Waals surface area contributed by atoms with Crippen LogP contribution in [-0.2, 0) is 9.53 Å². The third-order valence-corrected chi connectivity index (χ3v) is 4.91. The van der Waals surface area contributed by atoms with E-state index in [0.717, 1.165) is 0 Å². The molecule has 1 N–H and O–H groups in total. The number of benzene rings is 2. The fourth-order valence-corrected chi connectivity index (χ4v) is 3.55. The lowest BCUT2D eigenvalue weighted by Gasteiger charge is -2.22. The Morgan fingerprint density at radius 1 is 1.07 bits per heavy atom. The molecule has 28 heavy (non-hydrogen) atoms. The minimum atomic E-state index is -0.768. The van der Waals surface area contributed by atoms with E-state index in [-0.39, 0.29) is 17.9 Å². The van der Waals surface area contributed by atoms with E-state index >= 15 is 0 Å². The summed E-state index contributed by atoms with van der Waals surface area (Å²) in [5, 5.41) is 2.93. The lowest BCUT2D eigenvalue weighted by atomic mass is 9.85. The highest BCUT2D eigenvalue weighted by molar-refractivity contribution is 5.97. The van der Waals surface area contributed by atoms with Crippen LogP contribution >= 0.6 is 0 Å². The van der Waals surface area contributed by atoms with E-state index in [2.05, 4.69) is 5.32 Å². The Kier molecular flexibility index (Phi) is 6.09. The Balaban J connectivity index is 1.75. The van der Waals surface area contributed by atoms with Crippen LogP contribution in [0.3, 0.4) is 0 Å². The number of ether oxygens (including phenoxy) is 2. The molecule has 1 aliphatic carbocycles. The summed E-state index contributed by atoms with van der Waals surface area (Å²) in [5.41, 5.74) is 0.723. The zero-order valence-corrected chi connectivity index (χ0v) is 15.7. The summed E-state index contributed by atoms with van der Waals surface area (Å²) < 4.78 is 24.4. The molecule has 0 unspecified atom stereocenters. The predicted molar refractivity (Wildman–Crippen MR) is 103 cm³/mol. The van der Waals surface area contributed by atoms with Gasteiger partial charge in [-0.3, -0.25) is 9.59 Å². The topological polar surface area (TPSA) is 64.6 Å². The SMILES string of the molecule is COC(=O)[C@H](c1ccccc1F)[C@@H]1C=C[C@H](NC(=O)c2ccccc2OC)C1. The summed E-state index contributed by atoms with van der Waals surface area (Å²) in [4.78, 5) is 25.0. The van der Waals surface area contributed by atoms with Gasteiger partial charge < -0.3 is 14.8 Å². The number of halogens is 1. The van der Waals surface area contributed by atoms with Gasteiger partial charge in [-0.2, -0.15) is 0 Å². The Labute approximate surface area is 163 Å². The molecule has 1 amide bonds. The van der Waals surface area contributed by atoms with Gasteiger partial charge in [0.15, 0.2) is 0 Å². The predicted octanol–water partition coefficient (Wildman–Crippen LogP) is 3.47. The number of amides is 1. The molecule has 0 aliphatic heterocycles. The van der Waals surface area contributed by atoms with Crippen LogP contribution in [0.5, 0.6) is 5.75 Å². The van der Waals surface area contributed by atoms with Gasteiger partial charge in [-0.1, -0.05) is 42.5 Å². The van der Waals surface area contributed by atoms with E-state index in [1.54, 1.807) is 42.5 Å². The van der Waals surface area contributed by atoms with Crippen LogP contribution in [-0.4, -0.2) is 32.1 Å². The average Bonchev–Trinajstić information content (AvgIpc) is 3.17. The molecule has 2 aromatic carbocycles. The summed E-state index contributed by atoms with van der Waals surface area (Å²) in [6.45, 7) is 0. The maximum Gasteiger partial charge on any atom is 0.313 e. The first-order valence-electron chi connectivity index (χ1n) is 8.99. The molecule has 6 heteroatoms. The fourth-order valence-electron chi connectivity index (χ4n) is 3.55. The molecule has 0 fully saturated rings. The third-order valence-electron chi connectivity index (χ3n) is 4.91. The monoisotopic (exact) mass is 383 g/mol. The van der Waals surface area contributed by atoms with Gasteiger partial charge in [0.25, 0.3) is 5.91 Å². The van der Waals surface area contributed by atoms with Crippen molar-refractivity contribution in [2.75, 3.05) is 14.2 Å². The van der Waals surface area contributed by atoms with Crippen LogP contribution in [0.4, 0.5) is 4.39 Å². The van der Waals surface area contributed by atoms with Gasteiger partial charge in [0, 0.05) is 11.6 Å². The second-order valence-corrected chi connectivity index (χ2v) is 6.59. The highest BCUT2D eigenvalue weighted by atomic mass is 19.1. The zero-order chi connectivity index (χ0) is 20.1. The van der Waals surface area contributed by atoms with Gasteiger partial charge in [-0.05, 0) is 30.5 Å². The molecule has 2 aromatic rings. The van der Waals surface area contributed by atoms with Crippen molar-refractivity contribution >= 4 is 11.9 Å². The summed E-state index contributed by atoms with van der Waals surface area (Å²) in [5.74, 6) is -1.79. The summed E-state index contributed by atoms with van der Waals surface area (Å²) in [7, 11) is 2.79. The van der Waals surface area contributed by atoms with E-state index in [4.69, 9.17) is 9.47 Å². The number of hydrogen-bond acceptors (Lipinski definition) is 4. The quantitative estimate of drug-likeness (QED) is 0.613. The number of carbonyl (C=O) groups is 2. The molecule has 0 aromatic heterocycles. The first kappa shape index (κ1) is 19.6. The highest BCUT2D eigenvalue weighted by Gasteiger charge is 2.35. The molecule has 5 nitrogen and oxygen atoms in total. The van der Waals surface area contributed by atoms with Gasteiger partial charge >= 0.3 is 5.97 Å². The molecular weight excluding hydrogens is 361 g/mol. The van der Waals surface area contributed by atoms with Crippen molar-refractivity contribution in [3.05, 3.63) is 77.6 Å². The number of allylic oxidation sites excluding steroid dienone is 1. The molecule has 0 bridgehead atoms. The maximum atomic E-state index is 14.3. The number of rotatable bonds is 6. The molecule has 1 aliphatic rings.